The summed E-state index contributed by atoms with van der Waals surface area (Å²) in [5.74, 6) is 4.64. The van der Waals surface area contributed by atoms with Gasteiger partial charge in [0.05, 0.1) is 5.75 Å². The first-order chi connectivity index (χ1) is 10.6. The third kappa shape index (κ3) is 3.07. The SMILES string of the molecule is C[C@@H]1CCCC[C@H]1NC(=O)CSC12CC3CC(CC(C3)C1)C2. The molecule has 1 N–H and O–H groups in total. The zero-order valence-corrected chi connectivity index (χ0v) is 14.8. The summed E-state index contributed by atoms with van der Waals surface area (Å²) >= 11 is 2.02. The number of nitrogens with one attached hydrogen (secondary N) is 1. The van der Waals surface area contributed by atoms with Crippen LogP contribution in [0.25, 0.3) is 0 Å². The van der Waals surface area contributed by atoms with Gasteiger partial charge in [-0.15, -0.1) is 11.8 Å². The van der Waals surface area contributed by atoms with Crippen LogP contribution < -0.4 is 5.32 Å². The van der Waals surface area contributed by atoms with Crippen molar-refractivity contribution in [2.75, 3.05) is 5.75 Å². The highest BCUT2D eigenvalue weighted by molar-refractivity contribution is 8.01. The fourth-order valence-corrected chi connectivity index (χ4v) is 7.79. The molecule has 1 amide bonds. The van der Waals surface area contributed by atoms with Crippen LogP contribution in [-0.4, -0.2) is 22.4 Å². The number of amides is 1. The molecule has 0 aromatic carbocycles. The summed E-state index contributed by atoms with van der Waals surface area (Å²) in [5.41, 5.74) is 0. The molecular weight excluding hydrogens is 290 g/mol. The monoisotopic (exact) mass is 321 g/mol. The first-order valence-electron chi connectivity index (χ1n) is 9.55. The highest BCUT2D eigenvalue weighted by atomic mass is 32.2. The van der Waals surface area contributed by atoms with E-state index < -0.39 is 0 Å². The van der Waals surface area contributed by atoms with Gasteiger partial charge < -0.3 is 5.32 Å². The van der Waals surface area contributed by atoms with E-state index in [1.165, 1.54) is 64.2 Å². The first kappa shape index (κ1) is 15.4. The van der Waals surface area contributed by atoms with Crippen molar-refractivity contribution < 1.29 is 4.79 Å². The molecule has 5 rings (SSSR count). The molecule has 3 heteroatoms. The minimum atomic E-state index is 0.305. The molecule has 124 valence electrons. The Hall–Kier alpha value is -0.180. The molecule has 0 heterocycles. The van der Waals surface area contributed by atoms with Crippen molar-refractivity contribution >= 4 is 17.7 Å². The standard InChI is InChI=1S/C19H31NOS/c1-13-4-2-3-5-17(13)20-18(21)12-22-19-9-14-6-15(10-19)8-16(7-14)11-19/h13-17H,2-12H2,1H3,(H,20,21)/t13-,14?,15?,16?,17-,19?/m1/s1. The van der Waals surface area contributed by atoms with Gasteiger partial charge in [-0.05, 0) is 75.0 Å². The molecule has 22 heavy (non-hydrogen) atoms. The summed E-state index contributed by atoms with van der Waals surface area (Å²) in [7, 11) is 0. The molecule has 0 unspecified atom stereocenters. The quantitative estimate of drug-likeness (QED) is 0.832. The minimum absolute atomic E-state index is 0.305. The number of carbonyl (C=O) groups is 1. The predicted octanol–water partition coefficient (Wildman–Crippen LogP) is 4.38. The van der Waals surface area contributed by atoms with Crippen molar-refractivity contribution in [2.45, 2.75) is 81.9 Å². The third-order valence-corrected chi connectivity index (χ3v) is 8.47. The Bertz CT molecular complexity index is 400. The smallest absolute Gasteiger partial charge is 0.230 e. The Morgan fingerprint density at radius 2 is 1.64 bits per heavy atom. The van der Waals surface area contributed by atoms with Crippen molar-refractivity contribution in [1.82, 2.24) is 5.32 Å². The number of hydrogen-bond donors (Lipinski definition) is 1. The zero-order chi connectivity index (χ0) is 15.2. The van der Waals surface area contributed by atoms with Crippen molar-refractivity contribution in [1.29, 1.82) is 0 Å². The summed E-state index contributed by atoms with van der Waals surface area (Å²) in [6.45, 7) is 2.30. The summed E-state index contributed by atoms with van der Waals surface area (Å²) < 4.78 is 0.476. The van der Waals surface area contributed by atoms with Crippen molar-refractivity contribution in [3.05, 3.63) is 0 Å². The molecule has 0 spiro atoms. The first-order valence-corrected chi connectivity index (χ1v) is 10.5. The van der Waals surface area contributed by atoms with Crippen molar-refractivity contribution in [3.8, 4) is 0 Å². The van der Waals surface area contributed by atoms with Crippen LogP contribution in [0.5, 0.6) is 0 Å². The fourth-order valence-electron chi connectivity index (χ4n) is 6.21. The zero-order valence-electron chi connectivity index (χ0n) is 14.0. The number of hydrogen-bond acceptors (Lipinski definition) is 2. The second-order valence-corrected chi connectivity index (χ2v) is 10.3. The summed E-state index contributed by atoms with van der Waals surface area (Å²) in [4.78, 5) is 12.4. The van der Waals surface area contributed by atoms with E-state index in [1.54, 1.807) is 0 Å². The molecule has 0 saturated heterocycles. The van der Waals surface area contributed by atoms with Gasteiger partial charge in [0.2, 0.25) is 5.91 Å². The lowest BCUT2D eigenvalue weighted by Gasteiger charge is -2.56. The number of rotatable bonds is 4. The molecule has 0 radical (unpaired) electrons. The number of thioether (sulfide) groups is 1. The average Bonchev–Trinajstić information content (AvgIpc) is 2.46. The molecule has 0 aromatic heterocycles. The topological polar surface area (TPSA) is 29.1 Å². The Labute approximate surface area is 139 Å². The number of carbonyl (C=O) groups excluding carboxylic acids is 1. The molecule has 5 saturated carbocycles. The Morgan fingerprint density at radius 3 is 2.23 bits per heavy atom. The van der Waals surface area contributed by atoms with Crippen LogP contribution in [0.3, 0.4) is 0 Å². The van der Waals surface area contributed by atoms with E-state index in [9.17, 15) is 4.79 Å². The second-order valence-electron chi connectivity index (χ2n) is 8.82. The molecule has 0 aromatic rings. The van der Waals surface area contributed by atoms with E-state index >= 15 is 0 Å². The van der Waals surface area contributed by atoms with E-state index in [0.29, 0.717) is 28.4 Å². The predicted molar refractivity (Wildman–Crippen MR) is 92.9 cm³/mol. The maximum Gasteiger partial charge on any atom is 0.230 e. The van der Waals surface area contributed by atoms with Gasteiger partial charge in [-0.2, -0.15) is 0 Å². The van der Waals surface area contributed by atoms with Crippen LogP contribution in [0.15, 0.2) is 0 Å². The van der Waals surface area contributed by atoms with E-state index in [-0.39, 0.29) is 0 Å². The van der Waals surface area contributed by atoms with Gasteiger partial charge >= 0.3 is 0 Å². The van der Waals surface area contributed by atoms with E-state index in [1.807, 2.05) is 11.8 Å². The molecule has 5 aliphatic carbocycles. The highest BCUT2D eigenvalue weighted by Gasteiger charge is 2.51. The van der Waals surface area contributed by atoms with Crippen LogP contribution in [-0.2, 0) is 4.79 Å². The Morgan fingerprint density at radius 1 is 1.05 bits per heavy atom. The lowest BCUT2D eigenvalue weighted by Crippen LogP contribution is -2.49. The van der Waals surface area contributed by atoms with Crippen LogP contribution in [0, 0.1) is 23.7 Å². The molecule has 2 nitrogen and oxygen atoms in total. The fraction of sp³-hybridized carbons (Fsp3) is 0.947. The van der Waals surface area contributed by atoms with Crippen LogP contribution >= 0.6 is 11.8 Å². The normalized spacial score (nSPS) is 46.7. The largest absolute Gasteiger partial charge is 0.352 e. The van der Waals surface area contributed by atoms with Gasteiger partial charge in [0.1, 0.15) is 0 Å². The third-order valence-electron chi connectivity index (χ3n) is 6.95. The Kier molecular flexibility index (Phi) is 4.21. The molecule has 5 aliphatic rings. The highest BCUT2D eigenvalue weighted by Crippen LogP contribution is 2.60. The van der Waals surface area contributed by atoms with Gasteiger partial charge in [-0.1, -0.05) is 19.8 Å². The lowest BCUT2D eigenvalue weighted by molar-refractivity contribution is -0.119. The van der Waals surface area contributed by atoms with Crippen LogP contribution in [0.2, 0.25) is 0 Å². The van der Waals surface area contributed by atoms with Gasteiger partial charge in [0, 0.05) is 10.8 Å². The second kappa shape index (κ2) is 6.03. The van der Waals surface area contributed by atoms with E-state index in [2.05, 4.69) is 12.2 Å². The van der Waals surface area contributed by atoms with Gasteiger partial charge in [-0.3, -0.25) is 4.79 Å². The summed E-state index contributed by atoms with van der Waals surface area (Å²) in [6.07, 6.45) is 13.8. The summed E-state index contributed by atoms with van der Waals surface area (Å²) in [6, 6.07) is 0.443. The Balaban J connectivity index is 1.30. The molecule has 0 aliphatic heterocycles. The van der Waals surface area contributed by atoms with Crippen LogP contribution in [0.1, 0.15) is 71.1 Å². The summed E-state index contributed by atoms with van der Waals surface area (Å²) in [5, 5.41) is 3.34. The molecule has 4 bridgehead atoms. The lowest BCUT2D eigenvalue weighted by atomic mass is 9.56. The minimum Gasteiger partial charge on any atom is -0.352 e. The maximum absolute atomic E-state index is 12.4. The van der Waals surface area contributed by atoms with Gasteiger partial charge in [-0.25, -0.2) is 0 Å². The maximum atomic E-state index is 12.4. The van der Waals surface area contributed by atoms with Crippen molar-refractivity contribution in [3.63, 3.8) is 0 Å². The van der Waals surface area contributed by atoms with E-state index in [0.717, 1.165) is 17.8 Å². The van der Waals surface area contributed by atoms with Crippen molar-refractivity contribution in [2.24, 2.45) is 23.7 Å². The van der Waals surface area contributed by atoms with E-state index in [4.69, 9.17) is 0 Å². The average molecular weight is 322 g/mol. The molecule has 5 fully saturated rings. The molecular formula is C19H31NOS. The molecule has 2 atom stereocenters. The van der Waals surface area contributed by atoms with Gasteiger partial charge in [0.25, 0.3) is 0 Å². The van der Waals surface area contributed by atoms with Gasteiger partial charge in [0.15, 0.2) is 0 Å². The van der Waals surface area contributed by atoms with Crippen LogP contribution in [0.4, 0.5) is 0 Å².